The highest BCUT2D eigenvalue weighted by Crippen LogP contribution is 2.09. The monoisotopic (exact) mass is 283 g/mol. The lowest BCUT2D eigenvalue weighted by atomic mass is 9.99. The smallest absolute Gasteiger partial charge is 0.308 e. The molecular weight excluding hydrogens is 266 g/mol. The van der Waals surface area contributed by atoms with Gasteiger partial charge in [-0.05, 0) is 24.1 Å². The van der Waals surface area contributed by atoms with Crippen molar-refractivity contribution in [2.75, 3.05) is 6.54 Å². The third-order valence-corrected chi connectivity index (χ3v) is 3.22. The van der Waals surface area contributed by atoms with Gasteiger partial charge in [-0.25, -0.2) is 0 Å². The van der Waals surface area contributed by atoms with Gasteiger partial charge in [0.25, 0.3) is 5.91 Å². The van der Waals surface area contributed by atoms with Crippen LogP contribution in [0.4, 0.5) is 0 Å². The summed E-state index contributed by atoms with van der Waals surface area (Å²) >= 11 is 0. The number of carboxylic acid groups (broad SMARTS) is 1. The van der Waals surface area contributed by atoms with Crippen molar-refractivity contribution in [2.45, 2.75) is 6.42 Å². The van der Waals surface area contributed by atoms with E-state index in [-0.39, 0.29) is 12.5 Å². The number of carbonyl (C=O) groups excluding carboxylic acids is 1. The molecule has 4 nitrogen and oxygen atoms in total. The summed E-state index contributed by atoms with van der Waals surface area (Å²) in [5, 5.41) is 11.9. The van der Waals surface area contributed by atoms with E-state index in [0.29, 0.717) is 12.0 Å². The average molecular weight is 283 g/mol. The summed E-state index contributed by atoms with van der Waals surface area (Å²) in [5.41, 5.74) is 1.47. The van der Waals surface area contributed by atoms with Gasteiger partial charge in [-0.15, -0.1) is 0 Å². The predicted molar refractivity (Wildman–Crippen MR) is 80.0 cm³/mol. The number of benzene rings is 2. The molecule has 2 rings (SSSR count). The van der Waals surface area contributed by atoms with Crippen LogP contribution >= 0.6 is 0 Å². The molecule has 1 amide bonds. The van der Waals surface area contributed by atoms with Gasteiger partial charge in [0.05, 0.1) is 5.92 Å². The van der Waals surface area contributed by atoms with Gasteiger partial charge in [0, 0.05) is 12.1 Å². The van der Waals surface area contributed by atoms with Crippen LogP contribution in [0.5, 0.6) is 0 Å². The van der Waals surface area contributed by atoms with E-state index in [9.17, 15) is 14.7 Å². The van der Waals surface area contributed by atoms with Crippen LogP contribution in [0.25, 0.3) is 0 Å². The second kappa shape index (κ2) is 7.24. The lowest BCUT2D eigenvalue weighted by Gasteiger charge is -2.13. The zero-order valence-electron chi connectivity index (χ0n) is 11.5. The molecule has 2 aromatic carbocycles. The molecule has 0 aromatic heterocycles. The van der Waals surface area contributed by atoms with Crippen LogP contribution in [0.2, 0.25) is 0 Å². The third-order valence-electron chi connectivity index (χ3n) is 3.22. The molecule has 0 saturated heterocycles. The van der Waals surface area contributed by atoms with Crippen molar-refractivity contribution >= 4 is 11.9 Å². The van der Waals surface area contributed by atoms with Crippen LogP contribution < -0.4 is 5.32 Å². The van der Waals surface area contributed by atoms with Gasteiger partial charge in [0.2, 0.25) is 0 Å². The number of amides is 1. The first-order valence-electron chi connectivity index (χ1n) is 6.77. The minimum absolute atomic E-state index is 0.109. The summed E-state index contributed by atoms with van der Waals surface area (Å²) in [5.74, 6) is -1.80. The van der Waals surface area contributed by atoms with E-state index in [1.54, 1.807) is 24.3 Å². The maximum absolute atomic E-state index is 11.9. The van der Waals surface area contributed by atoms with Gasteiger partial charge < -0.3 is 10.4 Å². The van der Waals surface area contributed by atoms with Crippen molar-refractivity contribution in [3.8, 4) is 0 Å². The molecule has 108 valence electrons. The molecule has 0 saturated carbocycles. The Bertz CT molecular complexity index is 596. The lowest BCUT2D eigenvalue weighted by Crippen LogP contribution is -2.34. The van der Waals surface area contributed by atoms with Crippen molar-refractivity contribution in [2.24, 2.45) is 5.92 Å². The molecule has 0 bridgehead atoms. The summed E-state index contributed by atoms with van der Waals surface area (Å²) in [7, 11) is 0. The number of rotatable bonds is 6. The second-order valence-electron chi connectivity index (χ2n) is 4.80. The van der Waals surface area contributed by atoms with Crippen molar-refractivity contribution in [1.29, 1.82) is 0 Å². The Balaban J connectivity index is 1.95. The van der Waals surface area contributed by atoms with Crippen LogP contribution in [-0.4, -0.2) is 23.5 Å². The van der Waals surface area contributed by atoms with Crippen LogP contribution in [0.3, 0.4) is 0 Å². The number of carboxylic acids is 1. The normalized spacial score (nSPS) is 11.6. The van der Waals surface area contributed by atoms with Crippen LogP contribution in [-0.2, 0) is 11.2 Å². The molecule has 0 aliphatic rings. The van der Waals surface area contributed by atoms with E-state index in [2.05, 4.69) is 5.32 Å². The van der Waals surface area contributed by atoms with E-state index in [1.807, 2.05) is 36.4 Å². The van der Waals surface area contributed by atoms with Gasteiger partial charge in [-0.2, -0.15) is 0 Å². The van der Waals surface area contributed by atoms with Gasteiger partial charge in [-0.3, -0.25) is 9.59 Å². The summed E-state index contributed by atoms with van der Waals surface area (Å²) in [6, 6.07) is 18.2. The zero-order chi connectivity index (χ0) is 15.1. The number of nitrogens with one attached hydrogen (secondary N) is 1. The van der Waals surface area contributed by atoms with Gasteiger partial charge in [0.1, 0.15) is 0 Å². The molecule has 2 N–H and O–H groups in total. The maximum Gasteiger partial charge on any atom is 0.308 e. The molecule has 1 atom stereocenters. The van der Waals surface area contributed by atoms with Crippen molar-refractivity contribution in [3.05, 3.63) is 71.8 Å². The molecule has 0 spiro atoms. The van der Waals surface area contributed by atoms with Gasteiger partial charge in [0.15, 0.2) is 0 Å². The second-order valence-corrected chi connectivity index (χ2v) is 4.80. The SMILES string of the molecule is O=C(NCC(Cc1ccccc1)C(=O)O)c1ccccc1. The molecule has 0 aliphatic heterocycles. The predicted octanol–water partition coefficient (Wildman–Crippen LogP) is 2.36. The van der Waals surface area contributed by atoms with Crippen LogP contribution in [0.1, 0.15) is 15.9 Å². The molecule has 0 fully saturated rings. The zero-order valence-corrected chi connectivity index (χ0v) is 11.5. The van der Waals surface area contributed by atoms with Crippen molar-refractivity contribution in [1.82, 2.24) is 5.32 Å². The molecule has 0 radical (unpaired) electrons. The molecule has 0 heterocycles. The Kier molecular flexibility index (Phi) is 5.10. The average Bonchev–Trinajstić information content (AvgIpc) is 2.52. The Morgan fingerprint density at radius 3 is 2.10 bits per heavy atom. The summed E-state index contributed by atoms with van der Waals surface area (Å²) in [6.07, 6.45) is 0.394. The minimum Gasteiger partial charge on any atom is -0.481 e. The van der Waals surface area contributed by atoms with Crippen LogP contribution in [0, 0.1) is 5.92 Å². The van der Waals surface area contributed by atoms with Gasteiger partial charge >= 0.3 is 5.97 Å². The quantitative estimate of drug-likeness (QED) is 0.855. The highest BCUT2D eigenvalue weighted by Gasteiger charge is 2.19. The van der Waals surface area contributed by atoms with E-state index >= 15 is 0 Å². The van der Waals surface area contributed by atoms with E-state index < -0.39 is 11.9 Å². The number of hydrogen-bond acceptors (Lipinski definition) is 2. The Labute approximate surface area is 123 Å². The first kappa shape index (κ1) is 14.8. The first-order chi connectivity index (χ1) is 10.2. The summed E-state index contributed by atoms with van der Waals surface area (Å²) < 4.78 is 0. The van der Waals surface area contributed by atoms with Crippen LogP contribution in [0.15, 0.2) is 60.7 Å². The number of aliphatic carboxylic acids is 1. The van der Waals surface area contributed by atoms with Gasteiger partial charge in [-0.1, -0.05) is 48.5 Å². The summed E-state index contributed by atoms with van der Waals surface area (Å²) in [6.45, 7) is 0.109. The van der Waals surface area contributed by atoms with E-state index in [4.69, 9.17) is 0 Å². The van der Waals surface area contributed by atoms with Crippen molar-refractivity contribution in [3.63, 3.8) is 0 Å². The highest BCUT2D eigenvalue weighted by molar-refractivity contribution is 5.94. The largest absolute Gasteiger partial charge is 0.481 e. The Hall–Kier alpha value is -2.62. The Morgan fingerprint density at radius 2 is 1.52 bits per heavy atom. The molecule has 1 unspecified atom stereocenters. The first-order valence-corrected chi connectivity index (χ1v) is 6.77. The fraction of sp³-hybridized carbons (Fsp3) is 0.176. The molecule has 4 heteroatoms. The standard InChI is InChI=1S/C17H17NO3/c19-16(14-9-5-2-6-10-14)18-12-15(17(20)21)11-13-7-3-1-4-8-13/h1-10,15H,11-12H2,(H,18,19)(H,20,21). The summed E-state index contributed by atoms with van der Waals surface area (Å²) in [4.78, 5) is 23.2. The molecule has 2 aromatic rings. The molecular formula is C17H17NO3. The number of carbonyl (C=O) groups is 2. The Morgan fingerprint density at radius 1 is 0.952 bits per heavy atom. The molecule has 21 heavy (non-hydrogen) atoms. The minimum atomic E-state index is -0.910. The van der Waals surface area contributed by atoms with E-state index in [1.165, 1.54) is 0 Å². The topological polar surface area (TPSA) is 66.4 Å². The fourth-order valence-electron chi connectivity index (χ4n) is 2.05. The maximum atomic E-state index is 11.9. The lowest BCUT2D eigenvalue weighted by molar-refractivity contribution is -0.141. The number of hydrogen-bond donors (Lipinski definition) is 2. The van der Waals surface area contributed by atoms with E-state index in [0.717, 1.165) is 5.56 Å². The van der Waals surface area contributed by atoms with Crippen molar-refractivity contribution < 1.29 is 14.7 Å². The fourth-order valence-corrected chi connectivity index (χ4v) is 2.05. The molecule has 0 aliphatic carbocycles. The third kappa shape index (κ3) is 4.45. The highest BCUT2D eigenvalue weighted by atomic mass is 16.4.